The number of carbonyl (C=O) groups excluding carboxylic acids is 2. The molecule has 7 heteroatoms. The molecule has 1 N–H and O–H groups in total. The molecule has 0 aliphatic carbocycles. The lowest BCUT2D eigenvalue weighted by Gasteiger charge is -2.30. The Bertz CT molecular complexity index is 1220. The average Bonchev–Trinajstić information content (AvgIpc) is 2.76. The van der Waals surface area contributed by atoms with Crippen molar-refractivity contribution in [3.8, 4) is 11.5 Å². The molecule has 1 aliphatic heterocycles. The van der Waals surface area contributed by atoms with E-state index in [1.54, 1.807) is 37.5 Å². The van der Waals surface area contributed by atoms with E-state index in [0.717, 1.165) is 10.8 Å². The van der Waals surface area contributed by atoms with Crippen LogP contribution in [-0.4, -0.2) is 31.1 Å². The Balaban J connectivity index is 1.88. The Morgan fingerprint density at radius 3 is 2.37 bits per heavy atom. The zero-order valence-corrected chi connectivity index (χ0v) is 17.2. The van der Waals surface area contributed by atoms with Crippen LogP contribution in [0.15, 0.2) is 66.2 Å². The van der Waals surface area contributed by atoms with Crippen LogP contribution in [-0.2, 0) is 9.59 Å². The predicted octanol–water partition coefficient (Wildman–Crippen LogP) is 3.69. The van der Waals surface area contributed by atoms with Crippen LogP contribution in [0, 0.1) is 0 Å². The molecule has 0 spiro atoms. The van der Waals surface area contributed by atoms with Crippen molar-refractivity contribution in [3.63, 3.8) is 0 Å². The van der Waals surface area contributed by atoms with Crippen LogP contribution in [0.25, 0.3) is 16.8 Å². The number of para-hydroxylation sites is 2. The van der Waals surface area contributed by atoms with Gasteiger partial charge in [-0.25, -0.2) is 4.90 Å². The van der Waals surface area contributed by atoms with Gasteiger partial charge in [-0.3, -0.25) is 14.9 Å². The van der Waals surface area contributed by atoms with Crippen LogP contribution < -0.4 is 19.7 Å². The monoisotopic (exact) mass is 418 g/mol. The standard InChI is InChI=1S/C23H18N2O4S/c1-28-19-12-11-14-7-3-4-8-15(14)16(19)13-17-21(26)24-23(30)25(22(17)27)18-9-5-6-10-20(18)29-2/h3-13H,1-2H3,(H,24,26,30)/b17-13-. The zero-order valence-electron chi connectivity index (χ0n) is 16.3. The van der Waals surface area contributed by atoms with E-state index in [1.807, 2.05) is 36.4 Å². The van der Waals surface area contributed by atoms with Gasteiger partial charge in [-0.2, -0.15) is 0 Å². The molecule has 3 aromatic carbocycles. The van der Waals surface area contributed by atoms with Gasteiger partial charge in [0.25, 0.3) is 11.8 Å². The molecule has 0 saturated carbocycles. The maximum absolute atomic E-state index is 13.4. The number of fused-ring (bicyclic) bond motifs is 1. The highest BCUT2D eigenvalue weighted by molar-refractivity contribution is 7.80. The van der Waals surface area contributed by atoms with Crippen LogP contribution in [0.2, 0.25) is 0 Å². The number of rotatable bonds is 4. The lowest BCUT2D eigenvalue weighted by Crippen LogP contribution is -2.54. The second kappa shape index (κ2) is 7.96. The molecule has 6 nitrogen and oxygen atoms in total. The van der Waals surface area contributed by atoms with Gasteiger partial charge in [-0.15, -0.1) is 0 Å². The molecule has 1 heterocycles. The van der Waals surface area contributed by atoms with Crippen molar-refractivity contribution in [3.05, 3.63) is 71.8 Å². The topological polar surface area (TPSA) is 67.9 Å². The number of amides is 2. The molecule has 30 heavy (non-hydrogen) atoms. The highest BCUT2D eigenvalue weighted by Crippen LogP contribution is 2.33. The molecular weight excluding hydrogens is 400 g/mol. The van der Waals surface area contributed by atoms with E-state index in [-0.39, 0.29) is 10.7 Å². The van der Waals surface area contributed by atoms with Gasteiger partial charge in [0.1, 0.15) is 17.1 Å². The van der Waals surface area contributed by atoms with Gasteiger partial charge in [0.05, 0.1) is 19.9 Å². The van der Waals surface area contributed by atoms with Crippen molar-refractivity contribution in [1.82, 2.24) is 5.32 Å². The smallest absolute Gasteiger partial charge is 0.270 e. The third-order valence-electron chi connectivity index (χ3n) is 4.87. The molecule has 0 aromatic heterocycles. The molecular formula is C23H18N2O4S. The summed E-state index contributed by atoms with van der Waals surface area (Å²) < 4.78 is 10.9. The van der Waals surface area contributed by atoms with Gasteiger partial charge in [-0.05, 0) is 47.3 Å². The fraction of sp³-hybridized carbons (Fsp3) is 0.0870. The second-order valence-electron chi connectivity index (χ2n) is 6.53. The van der Waals surface area contributed by atoms with Gasteiger partial charge < -0.3 is 9.47 Å². The van der Waals surface area contributed by atoms with E-state index in [9.17, 15) is 9.59 Å². The van der Waals surface area contributed by atoms with Gasteiger partial charge in [0.2, 0.25) is 0 Å². The van der Waals surface area contributed by atoms with Crippen molar-refractivity contribution in [2.45, 2.75) is 0 Å². The Hall–Kier alpha value is -3.71. The fourth-order valence-corrected chi connectivity index (χ4v) is 3.71. The largest absolute Gasteiger partial charge is 0.496 e. The van der Waals surface area contributed by atoms with Crippen LogP contribution in [0.3, 0.4) is 0 Å². The Labute approximate surface area is 178 Å². The minimum atomic E-state index is -0.564. The van der Waals surface area contributed by atoms with Crippen LogP contribution >= 0.6 is 12.2 Å². The number of hydrogen-bond donors (Lipinski definition) is 1. The number of benzene rings is 3. The van der Waals surface area contributed by atoms with Crippen molar-refractivity contribution in [1.29, 1.82) is 0 Å². The normalized spacial score (nSPS) is 15.5. The zero-order chi connectivity index (χ0) is 21.3. The number of carbonyl (C=O) groups is 2. The third-order valence-corrected chi connectivity index (χ3v) is 5.15. The van der Waals surface area contributed by atoms with Crippen LogP contribution in [0.4, 0.5) is 5.69 Å². The molecule has 0 bridgehead atoms. The first-order valence-corrected chi connectivity index (χ1v) is 9.56. The third kappa shape index (κ3) is 3.29. The van der Waals surface area contributed by atoms with Crippen molar-refractivity contribution < 1.29 is 19.1 Å². The first-order valence-electron chi connectivity index (χ1n) is 9.15. The van der Waals surface area contributed by atoms with Gasteiger partial charge >= 0.3 is 0 Å². The first-order chi connectivity index (χ1) is 14.5. The number of nitrogens with zero attached hydrogens (tertiary/aromatic N) is 1. The molecule has 4 rings (SSSR count). The molecule has 1 fully saturated rings. The molecule has 0 radical (unpaired) electrons. The predicted molar refractivity (Wildman–Crippen MR) is 120 cm³/mol. The number of nitrogens with one attached hydrogen (secondary N) is 1. The number of hydrogen-bond acceptors (Lipinski definition) is 5. The highest BCUT2D eigenvalue weighted by Gasteiger charge is 2.36. The van der Waals surface area contributed by atoms with E-state index in [1.165, 1.54) is 12.0 Å². The highest BCUT2D eigenvalue weighted by atomic mass is 32.1. The summed E-state index contributed by atoms with van der Waals surface area (Å²) in [5.74, 6) is -0.0837. The number of thiocarbonyl (C=S) groups is 1. The van der Waals surface area contributed by atoms with Crippen molar-refractivity contribution in [2.24, 2.45) is 0 Å². The summed E-state index contributed by atoms with van der Waals surface area (Å²) in [6.07, 6.45) is 1.54. The molecule has 0 unspecified atom stereocenters. The van der Waals surface area contributed by atoms with Crippen LogP contribution in [0.1, 0.15) is 5.56 Å². The SMILES string of the molecule is COc1ccccc1N1C(=O)/C(=C\c2c(OC)ccc3ccccc23)C(=O)NC1=S. The summed E-state index contributed by atoms with van der Waals surface area (Å²) >= 11 is 5.28. The van der Waals surface area contributed by atoms with E-state index in [4.69, 9.17) is 21.7 Å². The van der Waals surface area contributed by atoms with Crippen LogP contribution in [0.5, 0.6) is 11.5 Å². The maximum Gasteiger partial charge on any atom is 0.270 e. The fourth-order valence-electron chi connectivity index (χ4n) is 3.44. The van der Waals surface area contributed by atoms with Gasteiger partial charge in [0, 0.05) is 5.56 Å². The Kier molecular flexibility index (Phi) is 5.20. The van der Waals surface area contributed by atoms with Gasteiger partial charge in [-0.1, -0.05) is 42.5 Å². The molecule has 150 valence electrons. The maximum atomic E-state index is 13.4. The minimum absolute atomic E-state index is 0.00321. The lowest BCUT2D eigenvalue weighted by molar-refractivity contribution is -0.122. The number of ether oxygens (including phenoxy) is 2. The summed E-state index contributed by atoms with van der Waals surface area (Å²) in [7, 11) is 3.05. The summed E-state index contributed by atoms with van der Waals surface area (Å²) in [5, 5.41) is 4.42. The first kappa shape index (κ1) is 19.6. The van der Waals surface area contributed by atoms with E-state index < -0.39 is 11.8 Å². The van der Waals surface area contributed by atoms with E-state index in [0.29, 0.717) is 22.7 Å². The molecule has 0 atom stereocenters. The quantitative estimate of drug-likeness (QED) is 0.398. The number of methoxy groups -OCH3 is 2. The molecule has 1 aliphatic rings. The summed E-state index contributed by atoms with van der Waals surface area (Å²) in [6, 6.07) is 18.4. The second-order valence-corrected chi connectivity index (χ2v) is 6.92. The number of anilines is 1. The molecule has 1 saturated heterocycles. The lowest BCUT2D eigenvalue weighted by atomic mass is 9.99. The molecule has 3 aromatic rings. The summed E-state index contributed by atoms with van der Waals surface area (Å²) in [5.41, 5.74) is 1.04. The van der Waals surface area contributed by atoms with E-state index in [2.05, 4.69) is 5.32 Å². The van der Waals surface area contributed by atoms with Crippen molar-refractivity contribution >= 4 is 51.7 Å². The van der Waals surface area contributed by atoms with Gasteiger partial charge in [0.15, 0.2) is 5.11 Å². The summed E-state index contributed by atoms with van der Waals surface area (Å²) in [4.78, 5) is 27.3. The Morgan fingerprint density at radius 1 is 0.900 bits per heavy atom. The summed E-state index contributed by atoms with van der Waals surface area (Å²) in [6.45, 7) is 0. The van der Waals surface area contributed by atoms with Crippen molar-refractivity contribution in [2.75, 3.05) is 19.1 Å². The minimum Gasteiger partial charge on any atom is -0.496 e. The van der Waals surface area contributed by atoms with E-state index >= 15 is 0 Å². The molecule has 2 amide bonds. The Morgan fingerprint density at radius 2 is 1.60 bits per heavy atom. The average molecular weight is 418 g/mol.